The largest absolute Gasteiger partial charge is 0.333 e. The van der Waals surface area contributed by atoms with Gasteiger partial charge in [-0.25, -0.2) is 4.98 Å². The van der Waals surface area contributed by atoms with E-state index in [0.717, 1.165) is 28.2 Å². The van der Waals surface area contributed by atoms with Crippen LogP contribution in [-0.2, 0) is 4.79 Å². The lowest BCUT2D eigenvalue weighted by atomic mass is 10.3. The van der Waals surface area contributed by atoms with Crippen molar-refractivity contribution in [3.63, 3.8) is 0 Å². The monoisotopic (exact) mass is 206 g/mol. The fraction of sp³-hybridized carbons (Fsp3) is 0.200. The average molecular weight is 206 g/mol. The van der Waals surface area contributed by atoms with Gasteiger partial charge in [0.1, 0.15) is 6.29 Å². The van der Waals surface area contributed by atoms with Crippen LogP contribution in [-0.4, -0.2) is 22.0 Å². The molecule has 1 N–H and O–H groups in total. The van der Waals surface area contributed by atoms with Crippen molar-refractivity contribution >= 4 is 29.1 Å². The Morgan fingerprint density at radius 3 is 3.07 bits per heavy atom. The molecule has 14 heavy (non-hydrogen) atoms. The van der Waals surface area contributed by atoms with E-state index in [1.807, 2.05) is 24.3 Å². The first-order valence-electron chi connectivity index (χ1n) is 4.41. The summed E-state index contributed by atoms with van der Waals surface area (Å²) < 4.78 is 0. The Hall–Kier alpha value is -1.29. The first-order valence-corrected chi connectivity index (χ1v) is 5.40. The number of benzene rings is 1. The standard InChI is InChI=1S/C10H10N2OS/c13-6-3-7-14-10-11-8-4-1-2-5-9(8)12-10/h1-2,4-6H,3,7H2,(H,11,12). The molecule has 3 nitrogen and oxygen atoms in total. The minimum absolute atomic E-state index is 0.571. The second kappa shape index (κ2) is 4.28. The lowest BCUT2D eigenvalue weighted by molar-refractivity contribution is -0.107. The molecule has 2 rings (SSSR count). The second-order valence-corrected chi connectivity index (χ2v) is 3.95. The number of thioether (sulfide) groups is 1. The molecular weight excluding hydrogens is 196 g/mol. The molecule has 72 valence electrons. The first-order chi connectivity index (χ1) is 6.90. The molecule has 1 heterocycles. The van der Waals surface area contributed by atoms with Crippen molar-refractivity contribution in [1.29, 1.82) is 0 Å². The molecule has 0 bridgehead atoms. The highest BCUT2D eigenvalue weighted by molar-refractivity contribution is 7.99. The van der Waals surface area contributed by atoms with Gasteiger partial charge in [0.15, 0.2) is 5.16 Å². The number of carbonyl (C=O) groups is 1. The molecular formula is C10H10N2OS. The zero-order chi connectivity index (χ0) is 9.80. The quantitative estimate of drug-likeness (QED) is 0.474. The van der Waals surface area contributed by atoms with E-state index in [4.69, 9.17) is 0 Å². The Balaban J connectivity index is 2.14. The van der Waals surface area contributed by atoms with E-state index < -0.39 is 0 Å². The minimum Gasteiger partial charge on any atom is -0.333 e. The topological polar surface area (TPSA) is 45.8 Å². The van der Waals surface area contributed by atoms with Gasteiger partial charge in [-0.05, 0) is 12.1 Å². The van der Waals surface area contributed by atoms with Crippen molar-refractivity contribution in [3.8, 4) is 0 Å². The van der Waals surface area contributed by atoms with Crippen LogP contribution in [0.4, 0.5) is 0 Å². The normalized spacial score (nSPS) is 10.6. The zero-order valence-electron chi connectivity index (χ0n) is 7.56. The van der Waals surface area contributed by atoms with Crippen LogP contribution in [0.1, 0.15) is 6.42 Å². The third-order valence-electron chi connectivity index (χ3n) is 1.84. The highest BCUT2D eigenvalue weighted by Crippen LogP contribution is 2.19. The molecule has 0 saturated heterocycles. The molecule has 0 radical (unpaired) electrons. The Kier molecular flexibility index (Phi) is 2.84. The van der Waals surface area contributed by atoms with E-state index in [-0.39, 0.29) is 0 Å². The van der Waals surface area contributed by atoms with Gasteiger partial charge < -0.3 is 9.78 Å². The molecule has 0 atom stereocenters. The van der Waals surface area contributed by atoms with Gasteiger partial charge in [0.2, 0.25) is 0 Å². The molecule has 0 unspecified atom stereocenters. The Morgan fingerprint density at radius 1 is 1.43 bits per heavy atom. The van der Waals surface area contributed by atoms with Gasteiger partial charge in [0.05, 0.1) is 11.0 Å². The van der Waals surface area contributed by atoms with E-state index >= 15 is 0 Å². The maximum atomic E-state index is 10.1. The number of aldehydes is 1. The van der Waals surface area contributed by atoms with Crippen LogP contribution >= 0.6 is 11.8 Å². The van der Waals surface area contributed by atoms with Crippen LogP contribution in [0.3, 0.4) is 0 Å². The van der Waals surface area contributed by atoms with Crippen molar-refractivity contribution in [2.45, 2.75) is 11.6 Å². The third kappa shape index (κ3) is 1.96. The molecule has 1 aromatic heterocycles. The molecule has 0 aliphatic rings. The summed E-state index contributed by atoms with van der Waals surface area (Å²) in [5.74, 6) is 0.781. The summed E-state index contributed by atoms with van der Waals surface area (Å²) in [5, 5.41) is 0.882. The zero-order valence-corrected chi connectivity index (χ0v) is 8.38. The first kappa shape index (κ1) is 9.27. The fourth-order valence-electron chi connectivity index (χ4n) is 1.20. The SMILES string of the molecule is O=CCCSc1nc2ccccc2[nH]1. The maximum absolute atomic E-state index is 10.1. The molecule has 0 spiro atoms. The van der Waals surface area contributed by atoms with Gasteiger partial charge >= 0.3 is 0 Å². The smallest absolute Gasteiger partial charge is 0.166 e. The van der Waals surface area contributed by atoms with Crippen molar-refractivity contribution in [2.24, 2.45) is 0 Å². The summed E-state index contributed by atoms with van der Waals surface area (Å²) in [7, 11) is 0. The van der Waals surface area contributed by atoms with E-state index in [1.54, 1.807) is 11.8 Å². The Morgan fingerprint density at radius 2 is 2.29 bits per heavy atom. The molecule has 2 aromatic rings. The number of nitrogens with one attached hydrogen (secondary N) is 1. The third-order valence-corrected chi connectivity index (χ3v) is 2.75. The number of H-pyrrole nitrogens is 1. The molecule has 0 amide bonds. The van der Waals surface area contributed by atoms with Gasteiger partial charge in [-0.1, -0.05) is 23.9 Å². The van der Waals surface area contributed by atoms with Gasteiger partial charge in [-0.3, -0.25) is 0 Å². The van der Waals surface area contributed by atoms with Crippen molar-refractivity contribution in [2.75, 3.05) is 5.75 Å². The molecule has 4 heteroatoms. The highest BCUT2D eigenvalue weighted by atomic mass is 32.2. The number of rotatable bonds is 4. The molecule has 0 fully saturated rings. The Labute approximate surface area is 85.9 Å². The second-order valence-electron chi connectivity index (χ2n) is 2.86. The lowest BCUT2D eigenvalue weighted by Crippen LogP contribution is -1.81. The number of imidazole rings is 1. The Bertz CT molecular complexity index is 405. The molecule has 0 aliphatic heterocycles. The van der Waals surface area contributed by atoms with Gasteiger partial charge in [-0.15, -0.1) is 0 Å². The number of nitrogens with zero attached hydrogens (tertiary/aromatic N) is 1. The van der Waals surface area contributed by atoms with E-state index in [2.05, 4.69) is 9.97 Å². The number of aromatic nitrogens is 2. The fourth-order valence-corrected chi connectivity index (χ4v) is 1.95. The van der Waals surface area contributed by atoms with E-state index in [0.29, 0.717) is 6.42 Å². The van der Waals surface area contributed by atoms with Crippen molar-refractivity contribution in [1.82, 2.24) is 9.97 Å². The lowest BCUT2D eigenvalue weighted by Gasteiger charge is -1.90. The summed E-state index contributed by atoms with van der Waals surface area (Å²) in [5.41, 5.74) is 2.02. The van der Waals surface area contributed by atoms with Crippen LogP contribution in [0.5, 0.6) is 0 Å². The summed E-state index contributed by atoms with van der Waals surface area (Å²) in [6.07, 6.45) is 1.50. The predicted molar refractivity (Wildman–Crippen MR) is 57.5 cm³/mol. The van der Waals surface area contributed by atoms with Gasteiger partial charge in [0, 0.05) is 12.2 Å². The van der Waals surface area contributed by atoms with Crippen molar-refractivity contribution < 1.29 is 4.79 Å². The van der Waals surface area contributed by atoms with Gasteiger partial charge in [0.25, 0.3) is 0 Å². The minimum atomic E-state index is 0.571. The number of fused-ring (bicyclic) bond motifs is 1. The summed E-state index contributed by atoms with van der Waals surface area (Å²) in [6, 6.07) is 7.89. The average Bonchev–Trinajstić information content (AvgIpc) is 2.60. The van der Waals surface area contributed by atoms with Crippen LogP contribution in [0.15, 0.2) is 29.4 Å². The number of hydrogen-bond acceptors (Lipinski definition) is 3. The van der Waals surface area contributed by atoms with Crippen LogP contribution in [0.2, 0.25) is 0 Å². The molecule has 1 aromatic carbocycles. The van der Waals surface area contributed by atoms with E-state index in [1.165, 1.54) is 0 Å². The van der Waals surface area contributed by atoms with Crippen LogP contribution < -0.4 is 0 Å². The summed E-state index contributed by atoms with van der Waals surface area (Å²) >= 11 is 1.57. The van der Waals surface area contributed by atoms with Crippen LogP contribution in [0, 0.1) is 0 Å². The molecule has 0 saturated carbocycles. The number of carbonyl (C=O) groups excluding carboxylic acids is 1. The van der Waals surface area contributed by atoms with Crippen molar-refractivity contribution in [3.05, 3.63) is 24.3 Å². The number of para-hydroxylation sites is 2. The maximum Gasteiger partial charge on any atom is 0.166 e. The molecule has 0 aliphatic carbocycles. The summed E-state index contributed by atoms with van der Waals surface area (Å²) in [6.45, 7) is 0. The van der Waals surface area contributed by atoms with E-state index in [9.17, 15) is 4.79 Å². The predicted octanol–water partition coefficient (Wildman–Crippen LogP) is 2.24. The summed E-state index contributed by atoms with van der Waals surface area (Å²) in [4.78, 5) is 17.7. The van der Waals surface area contributed by atoms with Crippen LogP contribution in [0.25, 0.3) is 11.0 Å². The number of aromatic amines is 1. The number of hydrogen-bond donors (Lipinski definition) is 1. The highest BCUT2D eigenvalue weighted by Gasteiger charge is 2.01. The van der Waals surface area contributed by atoms with Gasteiger partial charge in [-0.2, -0.15) is 0 Å².